The number of allylic oxidation sites excluding steroid dienone is 2. The van der Waals surface area contributed by atoms with Crippen LogP contribution >= 0.6 is 0 Å². The van der Waals surface area contributed by atoms with Crippen LogP contribution in [0, 0.1) is 40.4 Å². The van der Waals surface area contributed by atoms with E-state index in [4.69, 9.17) is 6.27 Å². The number of halogens is 1. The maximum absolute atomic E-state index is 15.4. The predicted octanol–water partition coefficient (Wildman–Crippen LogP) is 16.8. The summed E-state index contributed by atoms with van der Waals surface area (Å²) in [6.07, 6.45) is 1.89. The van der Waals surface area contributed by atoms with Gasteiger partial charge in [0.2, 0.25) is 0 Å². The SMILES string of the molecule is [2H]Oc1cc(C)c(/C(C)=C/C(=N/OCC(C)N(C(C)C)C(C)C)c2c(F)cc(C)c(C)c2C)c(C)c1.[HH].[HH].[HH].[HH].[HH].[HH].[HH].[HH].[HH].[HH].[HH].[HH].[HH].[HH].[HH].[HH].[HH].[HH].[HH].[HH].[HH].[HH].[HH].[HH].[HH].[HH].[HH].[HH].[HH].[HH].[HH].[HH].[HH].[HH].[HH].[HH].[HH].[HH]. The van der Waals surface area contributed by atoms with Crippen LogP contribution in [-0.2, 0) is 4.84 Å². The molecule has 0 aliphatic carbocycles. The molecule has 0 aliphatic rings. The number of aromatic hydroxyl groups is 1. The van der Waals surface area contributed by atoms with Gasteiger partial charge in [-0.25, -0.2) is 4.39 Å². The number of oxime groups is 1. The predicted molar refractivity (Wildman–Crippen MR) is 226 cm³/mol. The van der Waals surface area contributed by atoms with Crippen molar-refractivity contribution < 1.29 is 68.5 Å². The molecule has 2 aromatic carbocycles. The molecule has 1 N–H and O–H groups in total. The van der Waals surface area contributed by atoms with E-state index in [0.29, 0.717) is 35.7 Å². The highest BCUT2D eigenvalue weighted by molar-refractivity contribution is 6.13. The van der Waals surface area contributed by atoms with Gasteiger partial charge in [0, 0.05) is 77.9 Å². The lowest BCUT2D eigenvalue weighted by Crippen LogP contribution is -2.45. The molecule has 0 fully saturated rings. The highest BCUT2D eigenvalue weighted by atomic mass is 19.1. The molecule has 0 saturated heterocycles. The van der Waals surface area contributed by atoms with Crippen molar-refractivity contribution in [1.82, 2.24) is 4.90 Å². The Kier molecular flexibility index (Phi) is 9.12. The maximum Gasteiger partial charge on any atom is 0.293 e. The Balaban J connectivity index is -0.0000000103. The zero-order chi connectivity index (χ0) is 27.3. The molecular formula is C30H119FN2O2. The average Bonchev–Trinajstić information content (AvgIpc) is 2.76. The second kappa shape index (κ2) is 11.9. The molecule has 0 spiro atoms. The van der Waals surface area contributed by atoms with Crippen LogP contribution in [0.5, 0.6) is 5.75 Å². The number of hydrogen-bond donors (Lipinski definition) is 1. The summed E-state index contributed by atoms with van der Waals surface area (Å²) in [7, 11) is 0. The summed E-state index contributed by atoms with van der Waals surface area (Å²) < 4.78 is 22.6. The van der Waals surface area contributed by atoms with Crippen molar-refractivity contribution in [2.24, 2.45) is 5.16 Å². The van der Waals surface area contributed by atoms with Gasteiger partial charge in [-0.2, -0.15) is 0 Å². The maximum atomic E-state index is 15.4. The number of phenolic OH excluding ortho intramolecular Hbond substituents is 1. The average molecular weight is 560 g/mol. The minimum absolute atomic E-state index is 0. The third-order valence-corrected chi connectivity index (χ3v) is 6.80. The smallest absolute Gasteiger partial charge is 0.293 e. The third-order valence-electron chi connectivity index (χ3n) is 6.80. The van der Waals surface area contributed by atoms with E-state index in [0.717, 1.165) is 39.0 Å². The van der Waals surface area contributed by atoms with Crippen molar-refractivity contribution in [3.63, 3.8) is 0 Å². The molecule has 1 unspecified atom stereocenters. The summed E-state index contributed by atoms with van der Waals surface area (Å²) in [5, 5.41) is 9.18. The van der Waals surface area contributed by atoms with Crippen LogP contribution in [0.3, 0.4) is 0 Å². The first-order valence-corrected chi connectivity index (χ1v) is 12.5. The van der Waals surface area contributed by atoms with Gasteiger partial charge in [0.1, 0.15) is 23.9 Å². The van der Waals surface area contributed by atoms with Gasteiger partial charge in [0.25, 0.3) is 1.43 Å². The molecule has 1 atom stereocenters. The summed E-state index contributed by atoms with van der Waals surface area (Å²) >= 11 is 0. The first-order chi connectivity index (χ1) is 16.8. The minimum atomic E-state index is -0.313. The van der Waals surface area contributed by atoms with Gasteiger partial charge in [0.05, 0.1) is 0 Å². The summed E-state index contributed by atoms with van der Waals surface area (Å²) in [4.78, 5) is 8.27. The number of nitrogens with zero attached hydrogens (tertiary/aromatic N) is 2. The van der Waals surface area contributed by atoms with Crippen LogP contribution in [0.1, 0.15) is 135 Å². The molecule has 0 aliphatic heterocycles. The van der Waals surface area contributed by atoms with Gasteiger partial charge in [-0.05, 0) is 139 Å². The molecule has 0 bridgehead atoms. The molecule has 0 saturated carbocycles. The first-order valence-electron chi connectivity index (χ1n) is 12.9. The van der Waals surface area contributed by atoms with E-state index in [1.807, 2.05) is 59.8 Å². The lowest BCUT2D eigenvalue weighted by molar-refractivity contribution is 0.0386. The number of phenols is 1. The summed E-state index contributed by atoms with van der Waals surface area (Å²) in [5.41, 5.74) is 7.60. The summed E-state index contributed by atoms with van der Waals surface area (Å²) in [6.45, 7) is 23.0. The molecule has 0 radical (unpaired) electrons. The van der Waals surface area contributed by atoms with Crippen molar-refractivity contribution >= 4 is 11.3 Å². The third kappa shape index (κ3) is 6.72. The van der Waals surface area contributed by atoms with E-state index in [1.165, 1.54) is 0 Å². The van der Waals surface area contributed by atoms with Crippen LogP contribution in [0.4, 0.5) is 4.39 Å². The Morgan fingerprint density at radius 2 is 1.57 bits per heavy atom. The van der Waals surface area contributed by atoms with Gasteiger partial charge >= 0.3 is 0 Å². The van der Waals surface area contributed by atoms with Crippen LogP contribution in [0.15, 0.2) is 29.4 Å². The van der Waals surface area contributed by atoms with Crippen LogP contribution in [0.2, 0.25) is 0 Å². The number of benzene rings is 2. The molecule has 0 amide bonds. The van der Waals surface area contributed by atoms with Crippen LogP contribution in [-0.4, -0.2) is 41.9 Å². The van der Waals surface area contributed by atoms with Crippen molar-refractivity contribution in [3.8, 4) is 5.75 Å². The van der Waals surface area contributed by atoms with E-state index < -0.39 is 0 Å². The summed E-state index contributed by atoms with van der Waals surface area (Å²) in [6, 6.07) is 6.11. The van der Waals surface area contributed by atoms with E-state index in [1.54, 1.807) is 6.07 Å². The van der Waals surface area contributed by atoms with Gasteiger partial charge in [0.15, 0.2) is 0 Å². The lowest BCUT2D eigenvalue weighted by Gasteiger charge is -2.35. The van der Waals surface area contributed by atoms with Gasteiger partial charge in [-0.15, -0.1) is 0 Å². The zero-order valence-electron chi connectivity index (χ0n) is 24.3. The molecule has 2 aromatic rings. The second-order valence-electron chi connectivity index (χ2n) is 10.3. The first kappa shape index (κ1) is 26.9. The topological polar surface area (TPSA) is 45.1 Å². The number of aryl methyl sites for hydroxylation is 3. The number of hydrogen-bond acceptors (Lipinski definition) is 4. The van der Waals surface area contributed by atoms with E-state index in [2.05, 4.69) is 49.8 Å². The van der Waals surface area contributed by atoms with Crippen molar-refractivity contribution in [3.05, 3.63) is 69.0 Å². The fraction of sp³-hybridized carbons (Fsp3) is 0.500. The van der Waals surface area contributed by atoms with Crippen molar-refractivity contribution in [2.45, 2.75) is 94.3 Å². The molecule has 0 aromatic heterocycles. The molecular weight excluding hydrogens is 439 g/mol. The fourth-order valence-corrected chi connectivity index (χ4v) is 5.23. The van der Waals surface area contributed by atoms with E-state index in [9.17, 15) is 0 Å². The molecule has 4 nitrogen and oxygen atoms in total. The highest BCUT2D eigenvalue weighted by Crippen LogP contribution is 2.29. The highest BCUT2D eigenvalue weighted by Gasteiger charge is 2.21. The Morgan fingerprint density at radius 1 is 1.00 bits per heavy atom. The zero-order valence-corrected chi connectivity index (χ0v) is 23.3. The van der Waals surface area contributed by atoms with Gasteiger partial charge in [-0.1, -0.05) is 5.16 Å². The molecule has 0 heterocycles. The number of rotatable bonds is 10. The van der Waals surface area contributed by atoms with Gasteiger partial charge in [-0.3, -0.25) is 4.90 Å². The van der Waals surface area contributed by atoms with Crippen molar-refractivity contribution in [1.29, 1.82) is 1.43 Å². The Morgan fingerprint density at radius 3 is 2.09 bits per heavy atom. The quantitative estimate of drug-likeness (QED) is 0.232. The lowest BCUT2D eigenvalue weighted by atomic mass is 9.91. The normalized spacial score (nSPS) is 14.1. The van der Waals surface area contributed by atoms with Gasteiger partial charge < -0.3 is 9.95 Å². The molecule has 2 rings (SSSR count). The minimum Gasteiger partial charge on any atom is -0.508 e. The summed E-state index contributed by atoms with van der Waals surface area (Å²) in [5.74, 6) is 0.177. The Labute approximate surface area is 269 Å². The second-order valence-corrected chi connectivity index (χ2v) is 10.3. The fourth-order valence-electron chi connectivity index (χ4n) is 5.23. The molecule has 35 heavy (non-hydrogen) atoms. The molecule has 5 heteroatoms. The Bertz CT molecular complexity index is 1170. The van der Waals surface area contributed by atoms with E-state index >= 15 is 4.39 Å². The van der Waals surface area contributed by atoms with E-state index in [-0.39, 0.29) is 66.1 Å². The van der Waals surface area contributed by atoms with Crippen LogP contribution in [0.25, 0.3) is 5.57 Å². The Hall–Kier alpha value is -2.66. The molecule has 268 valence electrons. The standard InChI is InChI=1S/C30H43FN2O2.38H2/c1-17(2)33(18(3)4)23(9)16-35-32-28(30-25(11)24(10)19(5)14-27(30)31)15-22(8)29-20(6)12-26(34)13-21(29)7;;;;;;;;;;;;;;;;;;;;;;;;;;;;;;;;;;;;;;/h12-15,17-18,23,34H,16H2,1-11H3;38*1H/b22-15+,32-28-;;;;;;;;;;;;;;;;;;;;;;;;;;;;;;;;;;;;;;/i/hD. The largest absolute Gasteiger partial charge is 0.508 e. The monoisotopic (exact) mass is 560 g/mol. The van der Waals surface area contributed by atoms with Crippen molar-refractivity contribution in [2.75, 3.05) is 6.61 Å². The van der Waals surface area contributed by atoms with Crippen LogP contribution < -0.4 is 0 Å².